The van der Waals surface area contributed by atoms with Crippen LogP contribution in [-0.2, 0) is 6.54 Å². The minimum atomic E-state index is -0.499. The van der Waals surface area contributed by atoms with Crippen molar-refractivity contribution < 1.29 is 19.0 Å². The standard InChI is InChI=1S/C27H33N3O4/c1-26(21-8-9-21)33-23-7-4-5-20(24(23)34-26)19-28-15-10-27(11-16-28)12-17-29(18-13-27)25(31)22-6-2-3-14-30(22)32/h2-7,14,21H,8-13,15-19H2,1H3. The topological polar surface area (TPSA) is 69.0 Å². The summed E-state index contributed by atoms with van der Waals surface area (Å²) in [7, 11) is 0. The van der Waals surface area contributed by atoms with Crippen molar-refractivity contribution in [3.63, 3.8) is 0 Å². The molecular weight excluding hydrogens is 430 g/mol. The summed E-state index contributed by atoms with van der Waals surface area (Å²) in [6, 6.07) is 11.3. The summed E-state index contributed by atoms with van der Waals surface area (Å²) < 4.78 is 13.3. The fourth-order valence-corrected chi connectivity index (χ4v) is 5.96. The zero-order valence-electron chi connectivity index (χ0n) is 19.9. The molecule has 1 amide bonds. The highest BCUT2D eigenvalue weighted by Crippen LogP contribution is 2.51. The van der Waals surface area contributed by atoms with Crippen molar-refractivity contribution in [3.05, 3.63) is 59.1 Å². The van der Waals surface area contributed by atoms with Crippen LogP contribution in [0, 0.1) is 16.5 Å². The molecule has 2 saturated heterocycles. The molecule has 180 valence electrons. The number of pyridine rings is 1. The number of hydrogen-bond donors (Lipinski definition) is 0. The van der Waals surface area contributed by atoms with E-state index in [1.54, 1.807) is 18.2 Å². The lowest BCUT2D eigenvalue weighted by Gasteiger charge is -2.46. The van der Waals surface area contributed by atoms with E-state index in [-0.39, 0.29) is 11.6 Å². The van der Waals surface area contributed by atoms with Crippen LogP contribution in [0.15, 0.2) is 42.6 Å². The molecule has 1 unspecified atom stereocenters. The molecule has 6 rings (SSSR count). The largest absolute Gasteiger partial charge is 0.618 e. The van der Waals surface area contributed by atoms with Crippen LogP contribution in [0.1, 0.15) is 61.5 Å². The van der Waals surface area contributed by atoms with Gasteiger partial charge in [0.2, 0.25) is 0 Å². The minimum absolute atomic E-state index is 0.152. The fraction of sp³-hybridized carbons (Fsp3) is 0.556. The number of amides is 1. The van der Waals surface area contributed by atoms with Crippen LogP contribution in [0.5, 0.6) is 11.5 Å². The van der Waals surface area contributed by atoms with E-state index >= 15 is 0 Å². The Labute approximate surface area is 200 Å². The molecule has 0 bridgehead atoms. The van der Waals surface area contributed by atoms with Crippen LogP contribution in [0.2, 0.25) is 0 Å². The predicted molar refractivity (Wildman–Crippen MR) is 126 cm³/mol. The van der Waals surface area contributed by atoms with Gasteiger partial charge in [-0.2, -0.15) is 4.73 Å². The van der Waals surface area contributed by atoms with Crippen molar-refractivity contribution in [1.29, 1.82) is 0 Å². The van der Waals surface area contributed by atoms with Crippen molar-refractivity contribution in [2.24, 2.45) is 11.3 Å². The van der Waals surface area contributed by atoms with Crippen LogP contribution in [0.4, 0.5) is 0 Å². The molecule has 3 fully saturated rings. The van der Waals surface area contributed by atoms with Crippen LogP contribution >= 0.6 is 0 Å². The normalized spacial score (nSPS) is 26.1. The lowest BCUT2D eigenvalue weighted by molar-refractivity contribution is -0.608. The Bertz CT molecular complexity index is 1080. The number of carbonyl (C=O) groups is 1. The molecule has 1 aromatic heterocycles. The van der Waals surface area contributed by atoms with Gasteiger partial charge >= 0.3 is 5.91 Å². The number of rotatable bonds is 4. The maximum Gasteiger partial charge on any atom is 0.319 e. The molecule has 1 atom stereocenters. The van der Waals surface area contributed by atoms with Gasteiger partial charge in [-0.1, -0.05) is 12.1 Å². The minimum Gasteiger partial charge on any atom is -0.618 e. The van der Waals surface area contributed by atoms with Crippen LogP contribution in [0.3, 0.4) is 0 Å². The number of para-hydroxylation sites is 1. The van der Waals surface area contributed by atoms with Crippen LogP contribution in [0.25, 0.3) is 0 Å². The smallest absolute Gasteiger partial charge is 0.319 e. The molecule has 7 nitrogen and oxygen atoms in total. The Hall–Kier alpha value is -2.80. The van der Waals surface area contributed by atoms with E-state index in [2.05, 4.69) is 24.0 Å². The average molecular weight is 464 g/mol. The van der Waals surface area contributed by atoms with Gasteiger partial charge in [-0.15, -0.1) is 0 Å². The van der Waals surface area contributed by atoms with Crippen molar-refractivity contribution in [3.8, 4) is 11.5 Å². The van der Waals surface area contributed by atoms with Crippen molar-refractivity contribution >= 4 is 5.91 Å². The molecule has 1 saturated carbocycles. The number of nitrogens with zero attached hydrogens (tertiary/aromatic N) is 3. The second-order valence-corrected chi connectivity index (χ2v) is 10.7. The number of likely N-dealkylation sites (tertiary alicyclic amines) is 2. The summed E-state index contributed by atoms with van der Waals surface area (Å²) in [4.78, 5) is 17.2. The lowest BCUT2D eigenvalue weighted by atomic mass is 9.71. The summed E-state index contributed by atoms with van der Waals surface area (Å²) in [5, 5.41) is 12.0. The van der Waals surface area contributed by atoms with Crippen LogP contribution < -0.4 is 14.2 Å². The summed E-state index contributed by atoms with van der Waals surface area (Å²) in [5.41, 5.74) is 1.74. The number of carbonyl (C=O) groups excluding carboxylic acids is 1. The number of hydrogen-bond acceptors (Lipinski definition) is 5. The number of fused-ring (bicyclic) bond motifs is 1. The summed E-state index contributed by atoms with van der Waals surface area (Å²) in [6.45, 7) is 6.51. The first-order chi connectivity index (χ1) is 16.4. The van der Waals surface area contributed by atoms with Gasteiger partial charge in [0.05, 0.1) is 0 Å². The van der Waals surface area contributed by atoms with Crippen molar-refractivity contribution in [2.45, 2.75) is 57.8 Å². The highest BCUT2D eigenvalue weighted by Gasteiger charge is 2.50. The van der Waals surface area contributed by atoms with Gasteiger partial charge in [0, 0.05) is 50.2 Å². The average Bonchev–Trinajstić information content (AvgIpc) is 3.64. The van der Waals surface area contributed by atoms with E-state index in [0.717, 1.165) is 69.9 Å². The Morgan fingerprint density at radius 2 is 1.76 bits per heavy atom. The summed E-state index contributed by atoms with van der Waals surface area (Å²) >= 11 is 0. The van der Waals surface area contributed by atoms with Gasteiger partial charge in [-0.05, 0) is 69.2 Å². The number of ether oxygens (including phenoxy) is 2. The van der Waals surface area contributed by atoms with Gasteiger partial charge in [0.15, 0.2) is 17.7 Å². The molecule has 2 aromatic rings. The molecule has 3 aliphatic heterocycles. The molecule has 4 aliphatic rings. The van der Waals surface area contributed by atoms with E-state index in [1.807, 2.05) is 11.0 Å². The second kappa shape index (κ2) is 8.15. The Balaban J connectivity index is 1.05. The molecule has 7 heteroatoms. The molecular formula is C27H33N3O4. The molecule has 1 aromatic carbocycles. The Kier molecular flexibility index (Phi) is 5.21. The molecule has 1 aliphatic carbocycles. The van der Waals surface area contributed by atoms with Gasteiger partial charge in [-0.25, -0.2) is 0 Å². The van der Waals surface area contributed by atoms with Gasteiger partial charge < -0.3 is 19.6 Å². The van der Waals surface area contributed by atoms with E-state index in [4.69, 9.17) is 9.47 Å². The second-order valence-electron chi connectivity index (χ2n) is 10.7. The highest BCUT2D eigenvalue weighted by molar-refractivity contribution is 5.91. The summed E-state index contributed by atoms with van der Waals surface area (Å²) in [5.74, 6) is 1.67. The Morgan fingerprint density at radius 3 is 2.47 bits per heavy atom. The first-order valence-electron chi connectivity index (χ1n) is 12.6. The maximum absolute atomic E-state index is 12.8. The van der Waals surface area contributed by atoms with Gasteiger partial charge in [0.25, 0.3) is 11.5 Å². The van der Waals surface area contributed by atoms with Crippen LogP contribution in [-0.4, -0.2) is 47.7 Å². The maximum atomic E-state index is 12.8. The molecule has 1 spiro atoms. The molecule has 0 radical (unpaired) electrons. The summed E-state index contributed by atoms with van der Waals surface area (Å²) in [6.07, 6.45) is 8.06. The van der Waals surface area contributed by atoms with E-state index in [0.29, 0.717) is 16.1 Å². The first-order valence-corrected chi connectivity index (χ1v) is 12.6. The van der Waals surface area contributed by atoms with E-state index in [1.165, 1.54) is 24.6 Å². The third-order valence-corrected chi connectivity index (χ3v) is 8.46. The fourth-order valence-electron chi connectivity index (χ4n) is 5.96. The monoisotopic (exact) mass is 463 g/mol. The SMILES string of the molecule is CC1(C2CC2)Oc2cccc(CN3CCC4(CC3)CCN(C(=O)c3cccc[n+]3[O-])CC4)c2O1. The quantitative estimate of drug-likeness (QED) is 0.511. The first kappa shape index (κ1) is 21.7. The molecule has 4 heterocycles. The van der Waals surface area contributed by atoms with Crippen molar-refractivity contribution in [2.75, 3.05) is 26.2 Å². The van der Waals surface area contributed by atoms with E-state index < -0.39 is 5.79 Å². The van der Waals surface area contributed by atoms with E-state index in [9.17, 15) is 10.0 Å². The molecule has 34 heavy (non-hydrogen) atoms. The predicted octanol–water partition coefficient (Wildman–Crippen LogP) is 3.74. The third kappa shape index (κ3) is 3.90. The zero-order valence-corrected chi connectivity index (χ0v) is 19.9. The van der Waals surface area contributed by atoms with Gasteiger partial charge in [-0.3, -0.25) is 9.69 Å². The third-order valence-electron chi connectivity index (χ3n) is 8.46. The zero-order chi connectivity index (χ0) is 23.3. The Morgan fingerprint density at radius 1 is 1.03 bits per heavy atom. The number of aromatic nitrogens is 1. The highest BCUT2D eigenvalue weighted by atomic mass is 16.7. The van der Waals surface area contributed by atoms with Gasteiger partial charge in [0.1, 0.15) is 0 Å². The lowest BCUT2D eigenvalue weighted by Crippen LogP contribution is -2.50. The van der Waals surface area contributed by atoms with Crippen molar-refractivity contribution in [1.82, 2.24) is 9.80 Å². The number of benzene rings is 1. The molecule has 0 N–H and O–H groups in total. The number of piperidine rings is 2.